The summed E-state index contributed by atoms with van der Waals surface area (Å²) in [6.45, 7) is 0. The fraction of sp³-hybridized carbons (Fsp3) is 0.0769. The number of rotatable bonds is 2. The van der Waals surface area contributed by atoms with Crippen LogP contribution in [0, 0.1) is 0 Å². The number of anilines is 1. The fourth-order valence-electron chi connectivity index (χ4n) is 1.96. The number of para-hydroxylation sites is 1. The summed E-state index contributed by atoms with van der Waals surface area (Å²) in [5.41, 5.74) is 1.23. The molecule has 3 aromatic rings. The summed E-state index contributed by atoms with van der Waals surface area (Å²) < 4.78 is 1.66. The number of nitrogens with one attached hydrogen (secondary N) is 1. The molecule has 0 fully saturated rings. The Morgan fingerprint density at radius 1 is 1.30 bits per heavy atom. The summed E-state index contributed by atoms with van der Waals surface area (Å²) in [6.07, 6.45) is 1.47. The highest BCUT2D eigenvalue weighted by molar-refractivity contribution is 6.28. The smallest absolute Gasteiger partial charge is 0.277 e. The first-order valence-electron chi connectivity index (χ1n) is 5.87. The monoisotopic (exact) mass is 287 g/mol. The maximum atomic E-state index is 12.3. The molecule has 0 spiro atoms. The zero-order valence-electron chi connectivity index (χ0n) is 10.5. The predicted octanol–water partition coefficient (Wildman–Crippen LogP) is 2.27. The maximum Gasteiger partial charge on any atom is 0.277 e. The van der Waals surface area contributed by atoms with Crippen molar-refractivity contribution < 1.29 is 4.79 Å². The van der Waals surface area contributed by atoms with Crippen molar-refractivity contribution in [2.45, 2.75) is 0 Å². The number of aromatic nitrogens is 4. The number of carbonyl (C=O) groups is 1. The maximum absolute atomic E-state index is 12.3. The lowest BCUT2D eigenvalue weighted by Gasteiger charge is -2.02. The highest BCUT2D eigenvalue weighted by Gasteiger charge is 2.16. The third-order valence-electron chi connectivity index (χ3n) is 2.84. The Labute approximate surface area is 119 Å². The molecule has 20 heavy (non-hydrogen) atoms. The Morgan fingerprint density at radius 2 is 2.10 bits per heavy atom. The fourth-order valence-corrected chi connectivity index (χ4v) is 2.11. The second-order valence-corrected chi connectivity index (χ2v) is 4.49. The van der Waals surface area contributed by atoms with Gasteiger partial charge in [-0.3, -0.25) is 9.48 Å². The average molecular weight is 288 g/mol. The molecule has 0 aliphatic heterocycles. The van der Waals surface area contributed by atoms with Crippen molar-refractivity contribution in [3.63, 3.8) is 0 Å². The molecular formula is C13H10ClN5O. The molecule has 0 saturated carbocycles. The van der Waals surface area contributed by atoms with Gasteiger partial charge >= 0.3 is 0 Å². The molecule has 1 N–H and O–H groups in total. The second kappa shape index (κ2) is 4.90. The van der Waals surface area contributed by atoms with Crippen LogP contribution in [0.4, 0.5) is 5.82 Å². The first-order valence-corrected chi connectivity index (χ1v) is 6.24. The van der Waals surface area contributed by atoms with Crippen LogP contribution in [0.5, 0.6) is 0 Å². The number of halogens is 1. The first kappa shape index (κ1) is 12.6. The van der Waals surface area contributed by atoms with Crippen LogP contribution in [-0.2, 0) is 7.05 Å². The van der Waals surface area contributed by atoms with Crippen LogP contribution in [0.2, 0.25) is 5.28 Å². The van der Waals surface area contributed by atoms with Crippen LogP contribution in [0.3, 0.4) is 0 Å². The molecule has 2 heterocycles. The number of hydrogen-bond donors (Lipinski definition) is 1. The number of fused-ring (bicyclic) bond motifs is 1. The summed E-state index contributed by atoms with van der Waals surface area (Å²) in [5.74, 6) is 0.00120. The van der Waals surface area contributed by atoms with Crippen LogP contribution in [-0.4, -0.2) is 25.7 Å². The van der Waals surface area contributed by atoms with Crippen molar-refractivity contribution in [2.24, 2.45) is 7.05 Å². The average Bonchev–Trinajstić information content (AvgIpc) is 2.77. The van der Waals surface area contributed by atoms with E-state index < -0.39 is 0 Å². The van der Waals surface area contributed by atoms with Gasteiger partial charge in [-0.15, -0.1) is 0 Å². The van der Waals surface area contributed by atoms with E-state index in [2.05, 4.69) is 20.4 Å². The molecule has 0 unspecified atom stereocenters. The van der Waals surface area contributed by atoms with Gasteiger partial charge < -0.3 is 5.32 Å². The Morgan fingerprint density at radius 3 is 2.90 bits per heavy atom. The largest absolute Gasteiger partial charge is 0.305 e. The van der Waals surface area contributed by atoms with Gasteiger partial charge in [-0.25, -0.2) is 9.97 Å². The van der Waals surface area contributed by atoms with Gasteiger partial charge in [-0.1, -0.05) is 18.2 Å². The van der Waals surface area contributed by atoms with E-state index in [0.29, 0.717) is 11.5 Å². The highest BCUT2D eigenvalue weighted by atomic mass is 35.5. The SMILES string of the molecule is Cn1nc(C(=O)Nc2ccnc(Cl)n2)c2ccccc21. The van der Waals surface area contributed by atoms with Gasteiger partial charge in [-0.05, 0) is 23.7 Å². The van der Waals surface area contributed by atoms with Gasteiger partial charge in [0.25, 0.3) is 5.91 Å². The Balaban J connectivity index is 1.97. The molecule has 0 atom stereocenters. The molecule has 0 radical (unpaired) electrons. The van der Waals surface area contributed by atoms with Gasteiger partial charge in [0, 0.05) is 18.6 Å². The van der Waals surface area contributed by atoms with Gasteiger partial charge in [0.1, 0.15) is 5.82 Å². The molecular weight excluding hydrogens is 278 g/mol. The normalized spacial score (nSPS) is 10.7. The van der Waals surface area contributed by atoms with Crippen molar-refractivity contribution in [2.75, 3.05) is 5.32 Å². The van der Waals surface area contributed by atoms with E-state index >= 15 is 0 Å². The van der Waals surface area contributed by atoms with E-state index in [1.165, 1.54) is 6.20 Å². The van der Waals surface area contributed by atoms with Crippen LogP contribution in [0.15, 0.2) is 36.5 Å². The van der Waals surface area contributed by atoms with Crippen molar-refractivity contribution >= 4 is 34.2 Å². The zero-order chi connectivity index (χ0) is 14.1. The Hall–Kier alpha value is -2.47. The van der Waals surface area contributed by atoms with Gasteiger partial charge in [-0.2, -0.15) is 5.10 Å². The molecule has 100 valence electrons. The molecule has 7 heteroatoms. The van der Waals surface area contributed by atoms with Crippen LogP contribution in [0.1, 0.15) is 10.5 Å². The molecule has 2 aromatic heterocycles. The number of benzene rings is 1. The van der Waals surface area contributed by atoms with Crippen LogP contribution < -0.4 is 5.32 Å². The summed E-state index contributed by atoms with van der Waals surface area (Å²) in [4.78, 5) is 19.9. The van der Waals surface area contributed by atoms with Crippen molar-refractivity contribution in [1.82, 2.24) is 19.7 Å². The zero-order valence-corrected chi connectivity index (χ0v) is 11.3. The number of hydrogen-bond acceptors (Lipinski definition) is 4. The third kappa shape index (κ3) is 2.21. The molecule has 0 aliphatic rings. The Kier molecular flexibility index (Phi) is 3.08. The standard InChI is InChI=1S/C13H10ClN5O/c1-19-9-5-3-2-4-8(9)11(18-19)12(20)16-10-6-7-15-13(14)17-10/h2-7H,1H3,(H,15,16,17,20). The lowest BCUT2D eigenvalue weighted by molar-refractivity contribution is 0.102. The molecule has 1 amide bonds. The number of carbonyl (C=O) groups excluding carboxylic acids is 1. The molecule has 3 rings (SSSR count). The lowest BCUT2D eigenvalue weighted by atomic mass is 10.2. The van der Waals surface area contributed by atoms with E-state index in [1.54, 1.807) is 17.8 Å². The van der Waals surface area contributed by atoms with E-state index in [4.69, 9.17) is 11.6 Å². The van der Waals surface area contributed by atoms with Crippen LogP contribution >= 0.6 is 11.6 Å². The Bertz CT molecular complexity index is 798. The molecule has 0 aliphatic carbocycles. The lowest BCUT2D eigenvalue weighted by Crippen LogP contribution is -2.14. The van der Waals surface area contributed by atoms with Crippen molar-refractivity contribution in [3.05, 3.63) is 47.5 Å². The van der Waals surface area contributed by atoms with E-state index in [0.717, 1.165) is 10.9 Å². The van der Waals surface area contributed by atoms with E-state index in [9.17, 15) is 4.79 Å². The molecule has 0 bridgehead atoms. The van der Waals surface area contributed by atoms with Gasteiger partial charge in [0.15, 0.2) is 5.69 Å². The second-order valence-electron chi connectivity index (χ2n) is 4.15. The van der Waals surface area contributed by atoms with Gasteiger partial charge in [0.05, 0.1) is 5.52 Å². The first-order chi connectivity index (χ1) is 9.65. The van der Waals surface area contributed by atoms with E-state index in [-0.39, 0.29) is 11.2 Å². The predicted molar refractivity (Wildman–Crippen MR) is 75.7 cm³/mol. The number of amides is 1. The summed E-state index contributed by atoms with van der Waals surface area (Å²) in [7, 11) is 1.79. The summed E-state index contributed by atoms with van der Waals surface area (Å²) in [5, 5.41) is 7.75. The minimum absolute atomic E-state index is 0.0775. The molecule has 6 nitrogen and oxygen atoms in total. The topological polar surface area (TPSA) is 72.7 Å². The minimum Gasteiger partial charge on any atom is -0.305 e. The van der Waals surface area contributed by atoms with Crippen molar-refractivity contribution in [1.29, 1.82) is 0 Å². The summed E-state index contributed by atoms with van der Waals surface area (Å²) >= 11 is 5.68. The number of aryl methyl sites for hydroxylation is 1. The quantitative estimate of drug-likeness (QED) is 0.734. The van der Waals surface area contributed by atoms with E-state index in [1.807, 2.05) is 24.3 Å². The van der Waals surface area contributed by atoms with Crippen LogP contribution in [0.25, 0.3) is 10.9 Å². The third-order valence-corrected chi connectivity index (χ3v) is 3.02. The number of nitrogens with zero attached hydrogens (tertiary/aromatic N) is 4. The molecule has 1 aromatic carbocycles. The highest BCUT2D eigenvalue weighted by Crippen LogP contribution is 2.18. The van der Waals surface area contributed by atoms with Gasteiger partial charge in [0.2, 0.25) is 5.28 Å². The van der Waals surface area contributed by atoms with Crippen molar-refractivity contribution in [3.8, 4) is 0 Å². The minimum atomic E-state index is -0.337. The summed E-state index contributed by atoms with van der Waals surface area (Å²) in [6, 6.07) is 9.08. The molecule has 0 saturated heterocycles.